The zero-order valence-electron chi connectivity index (χ0n) is 16.1. The Labute approximate surface area is 185 Å². The quantitative estimate of drug-likeness (QED) is 0.465. The highest BCUT2D eigenvalue weighted by molar-refractivity contribution is 7.14. The van der Waals surface area contributed by atoms with Gasteiger partial charge in [0.2, 0.25) is 0 Å². The molecule has 0 bridgehead atoms. The van der Waals surface area contributed by atoms with Crippen molar-refractivity contribution in [1.82, 2.24) is 9.88 Å². The van der Waals surface area contributed by atoms with Crippen LogP contribution in [0.15, 0.2) is 53.9 Å². The Bertz CT molecular complexity index is 947. The summed E-state index contributed by atoms with van der Waals surface area (Å²) >= 11 is 7.32. The van der Waals surface area contributed by atoms with E-state index in [1.807, 2.05) is 36.5 Å². The van der Waals surface area contributed by atoms with E-state index in [1.165, 1.54) is 23.5 Å². The van der Waals surface area contributed by atoms with Gasteiger partial charge in [-0.15, -0.1) is 23.7 Å². The lowest BCUT2D eigenvalue weighted by atomic mass is 10.2. The van der Waals surface area contributed by atoms with E-state index < -0.39 is 5.82 Å². The monoisotopic (exact) mass is 453 g/mol. The minimum absolute atomic E-state index is 0. The van der Waals surface area contributed by atoms with Gasteiger partial charge in [0.15, 0.2) is 5.13 Å². The maximum atomic E-state index is 14.2. The van der Waals surface area contributed by atoms with Crippen molar-refractivity contribution in [3.05, 3.63) is 70.3 Å². The summed E-state index contributed by atoms with van der Waals surface area (Å²) in [7, 11) is 3.95. The second kappa shape index (κ2) is 10.7. The molecule has 3 rings (SSSR count). The molecule has 3 aromatic rings. The van der Waals surface area contributed by atoms with Crippen molar-refractivity contribution in [2.45, 2.75) is 6.42 Å². The Balaban J connectivity index is 0.00000300. The van der Waals surface area contributed by atoms with Crippen molar-refractivity contribution < 1.29 is 9.18 Å². The van der Waals surface area contributed by atoms with Gasteiger partial charge >= 0.3 is 0 Å². The van der Waals surface area contributed by atoms with Gasteiger partial charge in [0.05, 0.1) is 11.3 Å². The Morgan fingerprint density at radius 1 is 1.10 bits per heavy atom. The number of hydrogen-bond donors (Lipinski definition) is 0. The highest BCUT2D eigenvalue weighted by Crippen LogP contribution is 2.29. The molecular weight excluding hydrogens is 432 g/mol. The van der Waals surface area contributed by atoms with Gasteiger partial charge in [-0.1, -0.05) is 35.9 Å². The third-order valence-electron chi connectivity index (χ3n) is 4.20. The summed E-state index contributed by atoms with van der Waals surface area (Å²) in [6.07, 6.45) is 0.753. The number of halogens is 3. The first-order chi connectivity index (χ1) is 13.5. The van der Waals surface area contributed by atoms with Crippen molar-refractivity contribution in [2.75, 3.05) is 32.1 Å². The molecule has 4 nitrogen and oxygen atoms in total. The van der Waals surface area contributed by atoms with E-state index in [1.54, 1.807) is 29.2 Å². The number of anilines is 1. The van der Waals surface area contributed by atoms with Gasteiger partial charge in [-0.25, -0.2) is 9.37 Å². The van der Waals surface area contributed by atoms with Crippen molar-refractivity contribution in [2.24, 2.45) is 0 Å². The lowest BCUT2D eigenvalue weighted by Crippen LogP contribution is -2.34. The normalized spacial score (nSPS) is 10.7. The number of thiazole rings is 1. The van der Waals surface area contributed by atoms with Gasteiger partial charge in [0.25, 0.3) is 5.91 Å². The number of carbonyl (C=O) groups excluding carboxylic acids is 1. The van der Waals surface area contributed by atoms with E-state index in [4.69, 9.17) is 11.6 Å². The Morgan fingerprint density at radius 2 is 1.79 bits per heavy atom. The SMILES string of the molecule is CN(C)CCCN(C(=O)c1ccccc1F)c1nc(-c2ccc(Cl)cc2)cs1.Cl. The summed E-state index contributed by atoms with van der Waals surface area (Å²) < 4.78 is 14.2. The molecule has 0 fully saturated rings. The first-order valence-electron chi connectivity index (χ1n) is 8.88. The molecule has 154 valence electrons. The topological polar surface area (TPSA) is 36.4 Å². The van der Waals surface area contributed by atoms with Crippen LogP contribution in [0.2, 0.25) is 5.02 Å². The maximum Gasteiger partial charge on any atom is 0.263 e. The minimum atomic E-state index is -0.528. The second-order valence-electron chi connectivity index (χ2n) is 6.62. The number of amides is 1. The molecule has 1 aromatic heterocycles. The van der Waals surface area contributed by atoms with Crippen molar-refractivity contribution >= 4 is 46.4 Å². The number of hydrogen-bond acceptors (Lipinski definition) is 4. The molecule has 0 unspecified atom stereocenters. The van der Waals surface area contributed by atoms with Crippen LogP contribution in [-0.2, 0) is 0 Å². The molecule has 0 aliphatic carbocycles. The molecule has 29 heavy (non-hydrogen) atoms. The molecule has 2 aromatic carbocycles. The number of carbonyl (C=O) groups is 1. The minimum Gasteiger partial charge on any atom is -0.309 e. The van der Waals surface area contributed by atoms with Crippen molar-refractivity contribution in [3.8, 4) is 11.3 Å². The van der Waals surface area contributed by atoms with Gasteiger partial charge in [-0.05, 0) is 51.3 Å². The summed E-state index contributed by atoms with van der Waals surface area (Å²) in [4.78, 5) is 21.3. The number of aromatic nitrogens is 1. The number of nitrogens with zero attached hydrogens (tertiary/aromatic N) is 3. The lowest BCUT2D eigenvalue weighted by molar-refractivity contribution is 0.0982. The van der Waals surface area contributed by atoms with Gasteiger partial charge in [0, 0.05) is 22.5 Å². The van der Waals surface area contributed by atoms with Gasteiger partial charge < -0.3 is 4.90 Å². The Hall–Kier alpha value is -1.99. The zero-order chi connectivity index (χ0) is 20.1. The fourth-order valence-electron chi connectivity index (χ4n) is 2.75. The highest BCUT2D eigenvalue weighted by Gasteiger charge is 2.23. The van der Waals surface area contributed by atoms with E-state index in [-0.39, 0.29) is 23.9 Å². The van der Waals surface area contributed by atoms with Crippen LogP contribution >= 0.6 is 35.3 Å². The Morgan fingerprint density at radius 3 is 2.45 bits per heavy atom. The summed E-state index contributed by atoms with van der Waals surface area (Å²) in [5.41, 5.74) is 1.73. The van der Waals surface area contributed by atoms with Gasteiger partial charge in [-0.2, -0.15) is 0 Å². The average molecular weight is 454 g/mol. The van der Waals surface area contributed by atoms with Gasteiger partial charge in [0.1, 0.15) is 5.82 Å². The third-order valence-corrected chi connectivity index (χ3v) is 5.31. The van der Waals surface area contributed by atoms with Crippen LogP contribution in [0.5, 0.6) is 0 Å². The number of rotatable bonds is 7. The van der Waals surface area contributed by atoms with Crippen LogP contribution in [-0.4, -0.2) is 43.0 Å². The molecule has 0 aliphatic heterocycles. The molecule has 1 amide bonds. The van der Waals surface area contributed by atoms with Crippen LogP contribution in [0.3, 0.4) is 0 Å². The van der Waals surface area contributed by atoms with Crippen LogP contribution in [0, 0.1) is 5.82 Å². The predicted molar refractivity (Wildman–Crippen MR) is 121 cm³/mol. The third kappa shape index (κ3) is 6.00. The first kappa shape index (κ1) is 23.3. The van der Waals surface area contributed by atoms with Crippen molar-refractivity contribution in [1.29, 1.82) is 0 Å². The molecule has 8 heteroatoms. The summed E-state index contributed by atoms with van der Waals surface area (Å²) in [6.45, 7) is 1.27. The van der Waals surface area contributed by atoms with Crippen LogP contribution in [0.1, 0.15) is 16.8 Å². The molecule has 0 N–H and O–H groups in total. The summed E-state index contributed by atoms with van der Waals surface area (Å²) in [5.74, 6) is -0.909. The lowest BCUT2D eigenvalue weighted by Gasteiger charge is -2.21. The fourth-order valence-corrected chi connectivity index (χ4v) is 3.73. The molecule has 1 heterocycles. The van der Waals surface area contributed by atoms with E-state index in [9.17, 15) is 9.18 Å². The van der Waals surface area contributed by atoms with E-state index >= 15 is 0 Å². The predicted octanol–water partition coefficient (Wildman–Crippen LogP) is 5.62. The largest absolute Gasteiger partial charge is 0.309 e. The van der Waals surface area contributed by atoms with Gasteiger partial charge in [-0.3, -0.25) is 9.69 Å². The van der Waals surface area contributed by atoms with Crippen LogP contribution in [0.25, 0.3) is 11.3 Å². The molecule has 0 spiro atoms. The zero-order valence-corrected chi connectivity index (χ0v) is 18.5. The van der Waals surface area contributed by atoms with E-state index in [2.05, 4.69) is 4.98 Å². The van der Waals surface area contributed by atoms with E-state index in [0.717, 1.165) is 24.2 Å². The number of benzene rings is 2. The Kier molecular flexibility index (Phi) is 8.59. The molecule has 0 saturated heterocycles. The smallest absolute Gasteiger partial charge is 0.263 e. The molecule has 0 radical (unpaired) electrons. The van der Waals surface area contributed by atoms with Crippen molar-refractivity contribution in [3.63, 3.8) is 0 Å². The highest BCUT2D eigenvalue weighted by atomic mass is 35.5. The molecule has 0 atom stereocenters. The molecular formula is C21H22Cl2FN3OS. The van der Waals surface area contributed by atoms with Crippen LogP contribution < -0.4 is 4.90 Å². The summed E-state index contributed by atoms with van der Waals surface area (Å²) in [6, 6.07) is 13.4. The maximum absolute atomic E-state index is 14.2. The average Bonchev–Trinajstić information content (AvgIpc) is 3.15. The molecule has 0 aliphatic rings. The fraction of sp³-hybridized carbons (Fsp3) is 0.238. The molecule has 0 saturated carbocycles. The standard InChI is InChI=1S/C21H21ClFN3OS.ClH/c1-25(2)12-5-13-26(20(27)17-6-3-4-7-18(17)23)21-24-19(14-28-21)15-8-10-16(22)11-9-15;/h3-4,6-11,14H,5,12-13H2,1-2H3;1H. The van der Waals surface area contributed by atoms with E-state index in [0.29, 0.717) is 16.7 Å². The first-order valence-corrected chi connectivity index (χ1v) is 10.1. The summed E-state index contributed by atoms with van der Waals surface area (Å²) in [5, 5.41) is 3.10. The van der Waals surface area contributed by atoms with Crippen LogP contribution in [0.4, 0.5) is 9.52 Å². The second-order valence-corrected chi connectivity index (χ2v) is 7.89.